The number of rotatable bonds is 5. The molecule has 0 spiro atoms. The van der Waals surface area contributed by atoms with Crippen molar-refractivity contribution in [2.45, 2.75) is 0 Å². The smallest absolute Gasteiger partial charge is 0.164 e. The molecule has 0 atom stereocenters. The van der Waals surface area contributed by atoms with Crippen molar-refractivity contribution in [2.24, 2.45) is 0 Å². The molecule has 7 nitrogen and oxygen atoms in total. The van der Waals surface area contributed by atoms with Gasteiger partial charge in [-0.2, -0.15) is 0 Å². The second-order valence-electron chi connectivity index (χ2n) is 14.9. The van der Waals surface area contributed by atoms with Crippen LogP contribution >= 0.6 is 0 Å². The SMILES string of the molecule is c1ccc2c(-c3cc(-c4nc(-c5cccc6ncccc56)nc(-c5cccc6ncccc56)n4)cc(-c4c5ccccc5cc5ncccc45)c3)c3cccnc3cc2c1. The molecule has 0 amide bonds. The van der Waals surface area contributed by atoms with Crippen LogP contribution in [0.25, 0.3) is 122 Å². The summed E-state index contributed by atoms with van der Waals surface area (Å²) < 4.78 is 0. The van der Waals surface area contributed by atoms with Gasteiger partial charge in [-0.25, -0.2) is 15.0 Å². The van der Waals surface area contributed by atoms with Gasteiger partial charge in [-0.15, -0.1) is 0 Å². The van der Waals surface area contributed by atoms with Crippen molar-refractivity contribution in [2.75, 3.05) is 0 Å². The van der Waals surface area contributed by atoms with Crippen molar-refractivity contribution >= 4 is 65.2 Å². The fourth-order valence-corrected chi connectivity index (χ4v) is 8.78. The largest absolute Gasteiger partial charge is 0.256 e. The zero-order chi connectivity index (χ0) is 39.6. The molecule has 12 aromatic rings. The number of nitrogens with zero attached hydrogens (tertiary/aromatic N) is 7. The van der Waals surface area contributed by atoms with E-state index < -0.39 is 0 Å². The quantitative estimate of drug-likeness (QED) is 0.161. The Morgan fingerprint density at radius 1 is 0.267 bits per heavy atom. The molecule has 278 valence electrons. The van der Waals surface area contributed by atoms with Crippen molar-refractivity contribution < 1.29 is 0 Å². The third-order valence-corrected chi connectivity index (χ3v) is 11.4. The van der Waals surface area contributed by atoms with E-state index in [2.05, 4.69) is 125 Å². The van der Waals surface area contributed by atoms with Gasteiger partial charge in [0.15, 0.2) is 17.5 Å². The fraction of sp³-hybridized carbons (Fsp3) is 0. The highest BCUT2D eigenvalue weighted by atomic mass is 15.0. The first-order chi connectivity index (χ1) is 29.7. The maximum Gasteiger partial charge on any atom is 0.164 e. The molecule has 5 aromatic heterocycles. The van der Waals surface area contributed by atoms with Gasteiger partial charge < -0.3 is 0 Å². The summed E-state index contributed by atoms with van der Waals surface area (Å²) in [6.45, 7) is 0. The normalized spacial score (nSPS) is 11.7. The molecule has 60 heavy (non-hydrogen) atoms. The minimum atomic E-state index is 0.547. The third-order valence-electron chi connectivity index (χ3n) is 11.4. The Morgan fingerprint density at radius 3 is 1.17 bits per heavy atom. The standard InChI is InChI=1S/C53H31N7/c1-3-13-37-32(11-1)30-47-43(19-9-25-56-47)49(37)34-27-35(50-38-14-4-2-12-33(38)31-48-44(50)20-10-26-57-48)29-36(28-34)51-58-52(41-15-5-21-45-39(41)17-7-23-54-45)60-53(59-51)42-16-6-22-46-40(42)18-8-24-55-46/h1-31H. The maximum atomic E-state index is 5.36. The molecule has 5 heterocycles. The second-order valence-corrected chi connectivity index (χ2v) is 14.9. The average molecular weight is 766 g/mol. The topological polar surface area (TPSA) is 90.2 Å². The van der Waals surface area contributed by atoms with Crippen LogP contribution in [0, 0.1) is 0 Å². The Morgan fingerprint density at radius 2 is 0.667 bits per heavy atom. The van der Waals surface area contributed by atoms with Crippen LogP contribution in [0.2, 0.25) is 0 Å². The molecule has 0 N–H and O–H groups in total. The summed E-state index contributed by atoms with van der Waals surface area (Å²) in [7, 11) is 0. The number of hydrogen-bond acceptors (Lipinski definition) is 7. The zero-order valence-electron chi connectivity index (χ0n) is 32.0. The molecule has 0 aliphatic carbocycles. The summed E-state index contributed by atoms with van der Waals surface area (Å²) in [5, 5.41) is 8.54. The molecular formula is C53H31N7. The van der Waals surface area contributed by atoms with Gasteiger partial charge in [0.2, 0.25) is 0 Å². The molecule has 0 fully saturated rings. The molecule has 0 radical (unpaired) electrons. The van der Waals surface area contributed by atoms with Crippen molar-refractivity contribution in [3.63, 3.8) is 0 Å². The number of pyridine rings is 4. The first kappa shape index (κ1) is 33.8. The predicted octanol–water partition coefficient (Wildman–Crippen LogP) is 12.7. The molecule has 0 aliphatic heterocycles. The summed E-state index contributed by atoms with van der Waals surface area (Å²) >= 11 is 0. The Balaban J connectivity index is 1.21. The van der Waals surface area contributed by atoms with Crippen molar-refractivity contribution in [1.82, 2.24) is 34.9 Å². The van der Waals surface area contributed by atoms with Crippen LogP contribution in [-0.2, 0) is 0 Å². The second kappa shape index (κ2) is 13.7. The highest BCUT2D eigenvalue weighted by Gasteiger charge is 2.21. The number of fused-ring (bicyclic) bond motifs is 6. The Labute approximate surface area is 343 Å². The van der Waals surface area contributed by atoms with E-state index in [-0.39, 0.29) is 0 Å². The maximum absolute atomic E-state index is 5.36. The predicted molar refractivity (Wildman–Crippen MR) is 243 cm³/mol. The van der Waals surface area contributed by atoms with Crippen LogP contribution < -0.4 is 0 Å². The first-order valence-electron chi connectivity index (χ1n) is 19.9. The van der Waals surface area contributed by atoms with Gasteiger partial charge in [-0.1, -0.05) is 97.1 Å². The minimum absolute atomic E-state index is 0.547. The molecule has 7 heteroatoms. The van der Waals surface area contributed by atoms with E-state index in [1.54, 1.807) is 0 Å². The van der Waals surface area contributed by atoms with Gasteiger partial charge in [-0.3, -0.25) is 19.9 Å². The molecule has 0 saturated heterocycles. The lowest BCUT2D eigenvalue weighted by Crippen LogP contribution is -2.02. The number of aromatic nitrogens is 7. The van der Waals surface area contributed by atoms with Gasteiger partial charge in [0, 0.05) is 63.0 Å². The van der Waals surface area contributed by atoms with Crippen molar-refractivity contribution in [3.8, 4) is 56.4 Å². The highest BCUT2D eigenvalue weighted by Crippen LogP contribution is 2.43. The summed E-state index contributed by atoms with van der Waals surface area (Å²) in [6, 6.07) is 56.7. The van der Waals surface area contributed by atoms with Crippen molar-refractivity contribution in [1.29, 1.82) is 0 Å². The lowest BCUT2D eigenvalue weighted by Gasteiger charge is -2.17. The third kappa shape index (κ3) is 5.56. The van der Waals surface area contributed by atoms with E-state index in [4.69, 9.17) is 24.9 Å². The van der Waals surface area contributed by atoms with Crippen LogP contribution in [0.5, 0.6) is 0 Å². The van der Waals surface area contributed by atoms with Gasteiger partial charge >= 0.3 is 0 Å². The summed E-state index contributed by atoms with van der Waals surface area (Å²) in [5.74, 6) is 1.66. The van der Waals surface area contributed by atoms with E-state index >= 15 is 0 Å². The molecule has 0 aliphatic rings. The summed E-state index contributed by atoms with van der Waals surface area (Å²) in [6.07, 6.45) is 7.34. The highest BCUT2D eigenvalue weighted by molar-refractivity contribution is 6.15. The van der Waals surface area contributed by atoms with Crippen molar-refractivity contribution in [3.05, 3.63) is 189 Å². The molecule has 0 bridgehead atoms. The lowest BCUT2D eigenvalue weighted by atomic mass is 9.88. The molecular weight excluding hydrogens is 735 g/mol. The van der Waals surface area contributed by atoms with Gasteiger partial charge in [-0.05, 0) is 111 Å². The Hall–Kier alpha value is -8.29. The van der Waals surface area contributed by atoms with E-state index in [9.17, 15) is 0 Å². The zero-order valence-corrected chi connectivity index (χ0v) is 32.0. The molecule has 12 rings (SSSR count). The lowest BCUT2D eigenvalue weighted by molar-refractivity contribution is 1.08. The van der Waals surface area contributed by atoms with Crippen LogP contribution in [0.15, 0.2) is 189 Å². The van der Waals surface area contributed by atoms with E-state index in [0.717, 1.165) is 104 Å². The van der Waals surface area contributed by atoms with Gasteiger partial charge in [0.05, 0.1) is 22.1 Å². The molecule has 7 aromatic carbocycles. The van der Waals surface area contributed by atoms with Crippen LogP contribution in [-0.4, -0.2) is 34.9 Å². The van der Waals surface area contributed by atoms with Crippen LogP contribution in [0.3, 0.4) is 0 Å². The Kier molecular flexibility index (Phi) is 7.71. The fourth-order valence-electron chi connectivity index (χ4n) is 8.78. The summed E-state index contributed by atoms with van der Waals surface area (Å²) in [5.41, 5.74) is 10.4. The van der Waals surface area contributed by atoms with Crippen LogP contribution in [0.1, 0.15) is 0 Å². The van der Waals surface area contributed by atoms with Gasteiger partial charge in [0.25, 0.3) is 0 Å². The average Bonchev–Trinajstić information content (AvgIpc) is 3.31. The first-order valence-corrected chi connectivity index (χ1v) is 19.9. The number of benzene rings is 7. The van der Waals surface area contributed by atoms with E-state index in [1.165, 1.54) is 0 Å². The van der Waals surface area contributed by atoms with Crippen LogP contribution in [0.4, 0.5) is 0 Å². The van der Waals surface area contributed by atoms with Gasteiger partial charge in [0.1, 0.15) is 0 Å². The minimum Gasteiger partial charge on any atom is -0.256 e. The molecule has 0 saturated carbocycles. The Bertz CT molecular complexity index is 3340. The van der Waals surface area contributed by atoms with E-state index in [1.807, 2.05) is 73.3 Å². The number of hydrogen-bond donors (Lipinski definition) is 0. The molecule has 0 unspecified atom stereocenters. The monoisotopic (exact) mass is 765 g/mol. The van der Waals surface area contributed by atoms with E-state index in [0.29, 0.717) is 17.5 Å². The summed E-state index contributed by atoms with van der Waals surface area (Å²) in [4.78, 5) is 35.0.